The molecular formula is C21H26N4O3. The van der Waals surface area contributed by atoms with Crippen LogP contribution in [0.4, 0.5) is 5.69 Å². The SMILES string of the molecule is CCCn1cc(C(=O)N2CCC3(CC2)CN(c2ccccc2)C(=O)CO3)cn1. The first-order chi connectivity index (χ1) is 13.6. The number of hydrogen-bond acceptors (Lipinski definition) is 4. The molecule has 2 saturated heterocycles. The van der Waals surface area contributed by atoms with Crippen LogP contribution in [0.15, 0.2) is 42.7 Å². The van der Waals surface area contributed by atoms with Gasteiger partial charge in [-0.05, 0) is 31.4 Å². The average Bonchev–Trinajstić information content (AvgIpc) is 3.20. The van der Waals surface area contributed by atoms with Crippen molar-refractivity contribution in [1.29, 1.82) is 0 Å². The molecule has 0 N–H and O–H groups in total. The van der Waals surface area contributed by atoms with E-state index < -0.39 is 0 Å². The van der Waals surface area contributed by atoms with Gasteiger partial charge in [0, 0.05) is 31.5 Å². The van der Waals surface area contributed by atoms with Gasteiger partial charge >= 0.3 is 0 Å². The van der Waals surface area contributed by atoms with Crippen LogP contribution in [0.25, 0.3) is 0 Å². The second-order valence-electron chi connectivity index (χ2n) is 7.57. The summed E-state index contributed by atoms with van der Waals surface area (Å²) in [5, 5.41) is 4.26. The summed E-state index contributed by atoms with van der Waals surface area (Å²) in [5.41, 5.74) is 1.15. The van der Waals surface area contributed by atoms with Gasteiger partial charge in [-0.15, -0.1) is 0 Å². The van der Waals surface area contributed by atoms with E-state index in [0.29, 0.717) is 25.2 Å². The normalized spacial score (nSPS) is 19.2. The molecule has 28 heavy (non-hydrogen) atoms. The third-order valence-electron chi connectivity index (χ3n) is 5.61. The minimum atomic E-state index is -0.382. The Kier molecular flexibility index (Phi) is 5.17. The standard InChI is InChI=1S/C21H26N4O3/c1-2-10-24-14-17(13-22-24)20(27)23-11-8-21(9-12-23)16-25(19(26)15-28-21)18-6-4-3-5-7-18/h3-7,13-14H,2,8-12,15-16H2,1H3. The highest BCUT2D eigenvalue weighted by Crippen LogP contribution is 2.33. The lowest BCUT2D eigenvalue weighted by Gasteiger charge is -2.46. The maximum absolute atomic E-state index is 12.8. The number of aryl methyl sites for hydroxylation is 1. The summed E-state index contributed by atoms with van der Waals surface area (Å²) in [6.07, 6.45) is 5.89. The van der Waals surface area contributed by atoms with Gasteiger partial charge in [-0.1, -0.05) is 25.1 Å². The number of para-hydroxylation sites is 1. The Labute approximate surface area is 164 Å². The molecule has 2 aromatic rings. The molecule has 2 aliphatic rings. The number of anilines is 1. The average molecular weight is 382 g/mol. The number of benzene rings is 1. The Morgan fingerprint density at radius 2 is 1.96 bits per heavy atom. The number of morpholine rings is 1. The van der Waals surface area contributed by atoms with Crippen LogP contribution in [0.5, 0.6) is 0 Å². The third kappa shape index (κ3) is 3.67. The van der Waals surface area contributed by atoms with Gasteiger partial charge in [0.25, 0.3) is 11.8 Å². The van der Waals surface area contributed by atoms with Crippen molar-refractivity contribution in [3.05, 3.63) is 48.3 Å². The van der Waals surface area contributed by atoms with Crippen molar-refractivity contribution < 1.29 is 14.3 Å². The number of nitrogens with zero attached hydrogens (tertiary/aromatic N) is 4. The number of rotatable bonds is 4. The number of amides is 2. The highest BCUT2D eigenvalue weighted by molar-refractivity contribution is 5.95. The van der Waals surface area contributed by atoms with Crippen molar-refractivity contribution in [1.82, 2.24) is 14.7 Å². The van der Waals surface area contributed by atoms with Crippen molar-refractivity contribution in [2.45, 2.75) is 38.3 Å². The van der Waals surface area contributed by atoms with Gasteiger partial charge in [0.1, 0.15) is 6.61 Å². The number of hydrogen-bond donors (Lipinski definition) is 0. The van der Waals surface area contributed by atoms with E-state index in [9.17, 15) is 9.59 Å². The van der Waals surface area contributed by atoms with Crippen molar-refractivity contribution in [3.63, 3.8) is 0 Å². The number of piperidine rings is 1. The number of aromatic nitrogens is 2. The summed E-state index contributed by atoms with van der Waals surface area (Å²) >= 11 is 0. The van der Waals surface area contributed by atoms with Gasteiger partial charge in [0.2, 0.25) is 0 Å². The Hall–Kier alpha value is -2.67. The fourth-order valence-corrected chi connectivity index (χ4v) is 3.99. The van der Waals surface area contributed by atoms with E-state index in [0.717, 1.165) is 31.5 Å². The number of likely N-dealkylation sites (tertiary alicyclic amines) is 1. The lowest BCUT2D eigenvalue weighted by Crippen LogP contribution is -2.59. The smallest absolute Gasteiger partial charge is 0.257 e. The van der Waals surface area contributed by atoms with E-state index in [1.807, 2.05) is 51.0 Å². The predicted molar refractivity (Wildman–Crippen MR) is 105 cm³/mol. The van der Waals surface area contributed by atoms with Crippen LogP contribution < -0.4 is 4.90 Å². The molecule has 0 bridgehead atoms. The second-order valence-corrected chi connectivity index (χ2v) is 7.57. The fourth-order valence-electron chi connectivity index (χ4n) is 3.99. The van der Waals surface area contributed by atoms with Gasteiger partial charge in [-0.2, -0.15) is 5.10 Å². The lowest BCUT2D eigenvalue weighted by atomic mass is 9.88. The third-order valence-corrected chi connectivity index (χ3v) is 5.61. The van der Waals surface area contributed by atoms with E-state index in [2.05, 4.69) is 12.0 Å². The summed E-state index contributed by atoms with van der Waals surface area (Å²) in [6, 6.07) is 9.71. The fraction of sp³-hybridized carbons (Fsp3) is 0.476. The molecule has 1 aromatic heterocycles. The maximum atomic E-state index is 12.8. The summed E-state index contributed by atoms with van der Waals surface area (Å²) in [6.45, 7) is 4.76. The van der Waals surface area contributed by atoms with Crippen LogP contribution in [0, 0.1) is 0 Å². The Bertz CT molecular complexity index is 840. The van der Waals surface area contributed by atoms with E-state index in [4.69, 9.17) is 4.74 Å². The quantitative estimate of drug-likeness (QED) is 0.814. The van der Waals surface area contributed by atoms with Gasteiger partial charge in [0.05, 0.1) is 23.9 Å². The molecule has 148 valence electrons. The van der Waals surface area contributed by atoms with E-state index in [-0.39, 0.29) is 24.0 Å². The Balaban J connectivity index is 1.41. The van der Waals surface area contributed by atoms with E-state index in [1.54, 1.807) is 6.20 Å². The topological polar surface area (TPSA) is 67.7 Å². The van der Waals surface area contributed by atoms with Crippen molar-refractivity contribution in [3.8, 4) is 0 Å². The number of carbonyl (C=O) groups is 2. The zero-order chi connectivity index (χ0) is 19.6. The van der Waals surface area contributed by atoms with Gasteiger partial charge in [0.15, 0.2) is 0 Å². The molecular weight excluding hydrogens is 356 g/mol. The molecule has 2 amide bonds. The monoisotopic (exact) mass is 382 g/mol. The molecule has 0 radical (unpaired) electrons. The molecule has 0 unspecified atom stereocenters. The first kappa shape index (κ1) is 18.7. The Morgan fingerprint density at radius 3 is 2.68 bits per heavy atom. The van der Waals surface area contributed by atoms with Crippen LogP contribution in [0.2, 0.25) is 0 Å². The minimum absolute atomic E-state index is 0.0151. The first-order valence-electron chi connectivity index (χ1n) is 9.91. The highest BCUT2D eigenvalue weighted by Gasteiger charge is 2.43. The van der Waals surface area contributed by atoms with Crippen LogP contribution >= 0.6 is 0 Å². The molecule has 3 heterocycles. The van der Waals surface area contributed by atoms with Crippen LogP contribution in [-0.2, 0) is 16.1 Å². The summed E-state index contributed by atoms with van der Waals surface area (Å²) in [7, 11) is 0. The molecule has 2 fully saturated rings. The zero-order valence-corrected chi connectivity index (χ0v) is 16.2. The van der Waals surface area contributed by atoms with Gasteiger partial charge in [-0.3, -0.25) is 14.3 Å². The van der Waals surface area contributed by atoms with Crippen LogP contribution in [-0.4, -0.2) is 58.3 Å². The van der Waals surface area contributed by atoms with E-state index in [1.165, 1.54) is 0 Å². The van der Waals surface area contributed by atoms with Crippen molar-refractivity contribution in [2.75, 3.05) is 31.1 Å². The highest BCUT2D eigenvalue weighted by atomic mass is 16.5. The summed E-state index contributed by atoms with van der Waals surface area (Å²) < 4.78 is 7.81. The predicted octanol–water partition coefficient (Wildman–Crippen LogP) is 2.33. The molecule has 7 heteroatoms. The molecule has 1 aromatic carbocycles. The van der Waals surface area contributed by atoms with Gasteiger partial charge < -0.3 is 14.5 Å². The van der Waals surface area contributed by atoms with Crippen LogP contribution in [0.1, 0.15) is 36.5 Å². The van der Waals surface area contributed by atoms with E-state index >= 15 is 0 Å². The molecule has 0 atom stereocenters. The van der Waals surface area contributed by atoms with Crippen molar-refractivity contribution in [2.24, 2.45) is 0 Å². The molecule has 1 spiro atoms. The Morgan fingerprint density at radius 1 is 1.21 bits per heavy atom. The summed E-state index contributed by atoms with van der Waals surface area (Å²) in [4.78, 5) is 28.8. The summed E-state index contributed by atoms with van der Waals surface area (Å²) in [5.74, 6) is 0.00248. The largest absolute Gasteiger partial charge is 0.363 e. The van der Waals surface area contributed by atoms with Gasteiger partial charge in [-0.25, -0.2) is 0 Å². The molecule has 7 nitrogen and oxygen atoms in total. The first-order valence-corrected chi connectivity index (χ1v) is 9.91. The molecule has 4 rings (SSSR count). The minimum Gasteiger partial charge on any atom is -0.363 e. The molecule has 2 aliphatic heterocycles. The van der Waals surface area contributed by atoms with Crippen molar-refractivity contribution >= 4 is 17.5 Å². The molecule has 0 saturated carbocycles. The lowest BCUT2D eigenvalue weighted by molar-refractivity contribution is -0.143. The zero-order valence-electron chi connectivity index (χ0n) is 16.2. The molecule has 0 aliphatic carbocycles. The maximum Gasteiger partial charge on any atom is 0.257 e. The van der Waals surface area contributed by atoms with Crippen LogP contribution in [0.3, 0.4) is 0 Å². The second kappa shape index (κ2) is 7.75. The number of carbonyl (C=O) groups excluding carboxylic acids is 2. The number of ether oxygens (including phenoxy) is 1.